The monoisotopic (exact) mass is 237 g/mol. The summed E-state index contributed by atoms with van der Waals surface area (Å²) in [4.78, 5) is 14.4. The Balaban J connectivity index is 2.03. The van der Waals surface area contributed by atoms with E-state index < -0.39 is 0 Å². The van der Waals surface area contributed by atoms with Crippen LogP contribution < -0.4 is 4.90 Å². The zero-order valence-corrected chi connectivity index (χ0v) is 10.6. The van der Waals surface area contributed by atoms with Crippen molar-refractivity contribution < 1.29 is 4.79 Å². The van der Waals surface area contributed by atoms with Gasteiger partial charge in [-0.3, -0.25) is 9.69 Å². The number of rotatable bonds is 1. The van der Waals surface area contributed by atoms with Crippen LogP contribution in [0, 0.1) is 0 Å². The highest BCUT2D eigenvalue weighted by molar-refractivity contribution is 6.10. The SMILES string of the molecule is CC1(C)c2ccccc2N1C(=O)c1ccccc1. The Morgan fingerprint density at radius 2 is 1.56 bits per heavy atom. The number of fused-ring (bicyclic) bond motifs is 1. The van der Waals surface area contributed by atoms with Crippen LogP contribution in [0.25, 0.3) is 0 Å². The normalized spacial score (nSPS) is 15.8. The van der Waals surface area contributed by atoms with E-state index in [0.717, 1.165) is 11.3 Å². The maximum atomic E-state index is 12.5. The predicted octanol–water partition coefficient (Wildman–Crippen LogP) is 3.58. The number of carbonyl (C=O) groups excluding carboxylic acids is 1. The van der Waals surface area contributed by atoms with E-state index in [1.165, 1.54) is 5.56 Å². The maximum absolute atomic E-state index is 12.5. The molecular formula is C16H15NO. The molecule has 0 unspecified atom stereocenters. The highest BCUT2D eigenvalue weighted by atomic mass is 16.2. The molecule has 1 amide bonds. The topological polar surface area (TPSA) is 20.3 Å². The Morgan fingerprint density at radius 1 is 0.944 bits per heavy atom. The van der Waals surface area contributed by atoms with Crippen LogP contribution in [0.5, 0.6) is 0 Å². The lowest BCUT2D eigenvalue weighted by molar-refractivity contribution is 0.0949. The first-order valence-corrected chi connectivity index (χ1v) is 6.11. The van der Waals surface area contributed by atoms with Gasteiger partial charge in [0.15, 0.2) is 0 Å². The average Bonchev–Trinajstić information content (AvgIpc) is 2.39. The first-order valence-electron chi connectivity index (χ1n) is 6.11. The number of nitrogens with zero attached hydrogens (tertiary/aromatic N) is 1. The third kappa shape index (κ3) is 1.39. The van der Waals surface area contributed by atoms with Crippen LogP contribution in [0.2, 0.25) is 0 Å². The molecule has 0 spiro atoms. The largest absolute Gasteiger partial charge is 0.298 e. The molecule has 0 aliphatic carbocycles. The lowest BCUT2D eigenvalue weighted by Gasteiger charge is -2.49. The molecule has 2 aromatic rings. The van der Waals surface area contributed by atoms with Gasteiger partial charge in [0.05, 0.1) is 11.2 Å². The summed E-state index contributed by atoms with van der Waals surface area (Å²) in [5, 5.41) is 0. The quantitative estimate of drug-likeness (QED) is 0.742. The van der Waals surface area contributed by atoms with Crippen LogP contribution in [0.1, 0.15) is 29.8 Å². The van der Waals surface area contributed by atoms with Gasteiger partial charge in [-0.1, -0.05) is 36.4 Å². The van der Waals surface area contributed by atoms with Crippen LogP contribution in [0.3, 0.4) is 0 Å². The second-order valence-electron chi connectivity index (χ2n) is 5.08. The van der Waals surface area contributed by atoms with Gasteiger partial charge in [0.2, 0.25) is 0 Å². The second-order valence-corrected chi connectivity index (χ2v) is 5.08. The van der Waals surface area contributed by atoms with E-state index in [0.29, 0.717) is 0 Å². The van der Waals surface area contributed by atoms with Crippen LogP contribution >= 0.6 is 0 Å². The van der Waals surface area contributed by atoms with Gasteiger partial charge in [-0.25, -0.2) is 0 Å². The van der Waals surface area contributed by atoms with E-state index in [4.69, 9.17) is 0 Å². The number of para-hydroxylation sites is 1. The van der Waals surface area contributed by atoms with E-state index >= 15 is 0 Å². The zero-order chi connectivity index (χ0) is 12.8. The molecule has 3 rings (SSSR count). The molecule has 0 fully saturated rings. The van der Waals surface area contributed by atoms with Gasteiger partial charge >= 0.3 is 0 Å². The highest BCUT2D eigenvalue weighted by Gasteiger charge is 2.45. The number of anilines is 1. The summed E-state index contributed by atoms with van der Waals surface area (Å²) < 4.78 is 0. The minimum atomic E-state index is -0.219. The van der Waals surface area contributed by atoms with Gasteiger partial charge in [0.1, 0.15) is 0 Å². The number of carbonyl (C=O) groups is 1. The Bertz CT molecular complexity index is 602. The van der Waals surface area contributed by atoms with Crippen molar-refractivity contribution in [1.29, 1.82) is 0 Å². The van der Waals surface area contributed by atoms with Crippen molar-refractivity contribution in [3.63, 3.8) is 0 Å². The molecule has 2 heteroatoms. The number of hydrogen-bond acceptors (Lipinski definition) is 1. The molecule has 0 saturated heterocycles. The molecule has 0 atom stereocenters. The van der Waals surface area contributed by atoms with Crippen LogP contribution in [-0.2, 0) is 5.54 Å². The summed E-state index contributed by atoms with van der Waals surface area (Å²) >= 11 is 0. The van der Waals surface area contributed by atoms with Crippen molar-refractivity contribution in [2.45, 2.75) is 19.4 Å². The van der Waals surface area contributed by atoms with Gasteiger partial charge in [-0.05, 0) is 32.0 Å². The Labute approximate surface area is 107 Å². The zero-order valence-electron chi connectivity index (χ0n) is 10.6. The Hall–Kier alpha value is -2.09. The number of amides is 1. The van der Waals surface area contributed by atoms with E-state index in [1.807, 2.05) is 53.4 Å². The van der Waals surface area contributed by atoms with Gasteiger partial charge < -0.3 is 0 Å². The molecule has 1 aliphatic heterocycles. The van der Waals surface area contributed by atoms with Crippen LogP contribution in [0.4, 0.5) is 5.69 Å². The molecule has 0 aromatic heterocycles. The molecule has 90 valence electrons. The molecule has 1 aliphatic rings. The van der Waals surface area contributed by atoms with Crippen molar-refractivity contribution in [1.82, 2.24) is 0 Å². The van der Waals surface area contributed by atoms with E-state index in [9.17, 15) is 4.79 Å². The molecule has 18 heavy (non-hydrogen) atoms. The molecule has 0 saturated carbocycles. The van der Waals surface area contributed by atoms with Crippen molar-refractivity contribution in [3.05, 3.63) is 65.7 Å². The van der Waals surface area contributed by atoms with Crippen molar-refractivity contribution >= 4 is 11.6 Å². The standard InChI is InChI=1S/C16H15NO/c1-16(2)13-10-6-7-11-14(13)17(16)15(18)12-8-4-3-5-9-12/h3-11H,1-2H3. The molecule has 2 nitrogen and oxygen atoms in total. The Morgan fingerprint density at radius 3 is 2.28 bits per heavy atom. The fourth-order valence-corrected chi connectivity index (χ4v) is 2.63. The second kappa shape index (κ2) is 3.70. The molecule has 0 N–H and O–H groups in total. The summed E-state index contributed by atoms with van der Waals surface area (Å²) in [5.41, 5.74) is 2.77. The summed E-state index contributed by atoms with van der Waals surface area (Å²) in [7, 11) is 0. The summed E-state index contributed by atoms with van der Waals surface area (Å²) in [6.45, 7) is 4.16. The first kappa shape index (κ1) is 11.0. The lowest BCUT2D eigenvalue weighted by atomic mass is 9.81. The third-order valence-corrected chi connectivity index (χ3v) is 3.59. The van der Waals surface area contributed by atoms with Gasteiger partial charge in [-0.2, -0.15) is 0 Å². The van der Waals surface area contributed by atoms with Gasteiger partial charge in [-0.15, -0.1) is 0 Å². The van der Waals surface area contributed by atoms with Crippen molar-refractivity contribution in [3.8, 4) is 0 Å². The van der Waals surface area contributed by atoms with Crippen LogP contribution in [0.15, 0.2) is 54.6 Å². The average molecular weight is 237 g/mol. The molecule has 0 radical (unpaired) electrons. The minimum Gasteiger partial charge on any atom is -0.298 e. The molecular weight excluding hydrogens is 222 g/mol. The van der Waals surface area contributed by atoms with Crippen molar-refractivity contribution in [2.75, 3.05) is 4.90 Å². The highest BCUT2D eigenvalue weighted by Crippen LogP contribution is 2.47. The summed E-state index contributed by atoms with van der Waals surface area (Å²) in [5.74, 6) is 0.0688. The summed E-state index contributed by atoms with van der Waals surface area (Å²) in [6.07, 6.45) is 0. The van der Waals surface area contributed by atoms with E-state index in [-0.39, 0.29) is 11.4 Å². The van der Waals surface area contributed by atoms with Crippen molar-refractivity contribution in [2.24, 2.45) is 0 Å². The molecule has 1 heterocycles. The minimum absolute atomic E-state index is 0.0688. The van der Waals surface area contributed by atoms with E-state index in [2.05, 4.69) is 19.9 Å². The third-order valence-electron chi connectivity index (χ3n) is 3.59. The summed E-state index contributed by atoms with van der Waals surface area (Å²) in [6, 6.07) is 17.5. The van der Waals surface area contributed by atoms with Crippen LogP contribution in [-0.4, -0.2) is 5.91 Å². The number of hydrogen-bond donors (Lipinski definition) is 0. The number of benzene rings is 2. The van der Waals surface area contributed by atoms with Gasteiger partial charge in [0.25, 0.3) is 5.91 Å². The van der Waals surface area contributed by atoms with Gasteiger partial charge in [0, 0.05) is 11.1 Å². The Kier molecular flexibility index (Phi) is 2.27. The molecule has 0 bridgehead atoms. The molecule has 2 aromatic carbocycles. The fraction of sp³-hybridized carbons (Fsp3) is 0.188. The fourth-order valence-electron chi connectivity index (χ4n) is 2.63. The smallest absolute Gasteiger partial charge is 0.259 e. The van der Waals surface area contributed by atoms with E-state index in [1.54, 1.807) is 0 Å². The first-order chi connectivity index (χ1) is 8.62. The maximum Gasteiger partial charge on any atom is 0.259 e. The predicted molar refractivity (Wildman–Crippen MR) is 72.7 cm³/mol. The lowest BCUT2D eigenvalue weighted by Crippen LogP contribution is -2.54.